The zero-order valence-electron chi connectivity index (χ0n) is 16.6. The number of H-pyrrole nitrogens is 1. The summed E-state index contributed by atoms with van der Waals surface area (Å²) in [5, 5.41) is 0.215. The lowest BCUT2D eigenvalue weighted by molar-refractivity contribution is 0.0451. The lowest BCUT2D eigenvalue weighted by Gasteiger charge is -2.09. The van der Waals surface area contributed by atoms with Gasteiger partial charge in [-0.2, -0.15) is 0 Å². The zero-order valence-corrected chi connectivity index (χ0v) is 18.1. The van der Waals surface area contributed by atoms with E-state index in [1.807, 2.05) is 13.8 Å². The number of hydrogen-bond acceptors (Lipinski definition) is 6. The lowest BCUT2D eigenvalue weighted by atomic mass is 10.3. The van der Waals surface area contributed by atoms with Crippen molar-refractivity contribution < 1.29 is 9.53 Å². The predicted molar refractivity (Wildman–Crippen MR) is 113 cm³/mol. The normalized spacial score (nSPS) is 11.2. The summed E-state index contributed by atoms with van der Waals surface area (Å²) in [6, 6.07) is 2.91. The van der Waals surface area contributed by atoms with Crippen molar-refractivity contribution in [2.75, 3.05) is 0 Å². The molecule has 11 heteroatoms. The van der Waals surface area contributed by atoms with Gasteiger partial charge in [0.2, 0.25) is 0 Å². The summed E-state index contributed by atoms with van der Waals surface area (Å²) in [5.74, 6) is -0.422. The van der Waals surface area contributed by atoms with E-state index in [9.17, 15) is 14.4 Å². The SMILES string of the molecule is CCCCn1c(=O)[nH]c(=O)c2c1nc(COC(=O)c1nc(Cl)ccc1Cl)n2CCC. The van der Waals surface area contributed by atoms with E-state index in [-0.39, 0.29) is 33.6 Å². The number of rotatable bonds is 8. The maximum atomic E-state index is 12.5. The minimum Gasteiger partial charge on any atom is -0.453 e. The number of carbonyl (C=O) groups excluding carboxylic acids is 1. The third kappa shape index (κ3) is 4.41. The number of ether oxygens (including phenoxy) is 1. The highest BCUT2D eigenvalue weighted by Gasteiger charge is 2.21. The molecule has 0 saturated carbocycles. The van der Waals surface area contributed by atoms with Gasteiger partial charge in [-0.05, 0) is 25.0 Å². The molecule has 9 nitrogen and oxygen atoms in total. The number of aromatic nitrogens is 5. The first-order valence-electron chi connectivity index (χ1n) is 9.58. The van der Waals surface area contributed by atoms with Crippen LogP contribution in [0.25, 0.3) is 11.2 Å². The van der Waals surface area contributed by atoms with E-state index < -0.39 is 17.2 Å². The molecule has 0 aromatic carbocycles. The summed E-state index contributed by atoms with van der Waals surface area (Å²) in [6.45, 7) is 4.61. The Bertz CT molecular complexity index is 1200. The van der Waals surface area contributed by atoms with Gasteiger partial charge >= 0.3 is 11.7 Å². The van der Waals surface area contributed by atoms with E-state index in [0.29, 0.717) is 25.3 Å². The number of carbonyl (C=O) groups is 1. The second-order valence-electron chi connectivity index (χ2n) is 6.66. The number of fused-ring (bicyclic) bond motifs is 1. The number of esters is 1. The van der Waals surface area contributed by atoms with Gasteiger partial charge in [0.15, 0.2) is 16.9 Å². The van der Waals surface area contributed by atoms with Crippen molar-refractivity contribution in [1.82, 2.24) is 24.1 Å². The van der Waals surface area contributed by atoms with Gasteiger partial charge in [-0.1, -0.05) is 43.5 Å². The molecule has 160 valence electrons. The Labute approximate surface area is 181 Å². The van der Waals surface area contributed by atoms with Crippen molar-refractivity contribution in [1.29, 1.82) is 0 Å². The van der Waals surface area contributed by atoms with Gasteiger partial charge < -0.3 is 9.30 Å². The number of pyridine rings is 1. The summed E-state index contributed by atoms with van der Waals surface area (Å²) >= 11 is 11.8. The van der Waals surface area contributed by atoms with E-state index in [1.54, 1.807) is 4.57 Å². The van der Waals surface area contributed by atoms with Crippen LogP contribution in [0.4, 0.5) is 0 Å². The van der Waals surface area contributed by atoms with Crippen LogP contribution >= 0.6 is 23.2 Å². The molecule has 0 aliphatic rings. The van der Waals surface area contributed by atoms with Crippen molar-refractivity contribution in [2.45, 2.75) is 52.8 Å². The van der Waals surface area contributed by atoms with Crippen molar-refractivity contribution in [2.24, 2.45) is 0 Å². The van der Waals surface area contributed by atoms with Crippen molar-refractivity contribution >= 4 is 40.3 Å². The number of nitrogens with zero attached hydrogens (tertiary/aromatic N) is 4. The summed E-state index contributed by atoms with van der Waals surface area (Å²) in [5.41, 5.74) is -0.602. The number of hydrogen-bond donors (Lipinski definition) is 1. The largest absolute Gasteiger partial charge is 0.453 e. The fourth-order valence-corrected chi connectivity index (χ4v) is 3.41. The number of unbranched alkanes of at least 4 members (excludes halogenated alkanes) is 1. The highest BCUT2D eigenvalue weighted by atomic mass is 35.5. The molecule has 0 unspecified atom stereocenters. The Morgan fingerprint density at radius 1 is 1.10 bits per heavy atom. The van der Waals surface area contributed by atoms with Crippen LogP contribution in [-0.2, 0) is 24.4 Å². The van der Waals surface area contributed by atoms with Gasteiger partial charge in [-0.25, -0.2) is 19.6 Å². The van der Waals surface area contributed by atoms with Crippen molar-refractivity contribution in [3.05, 3.63) is 54.7 Å². The van der Waals surface area contributed by atoms with Crippen LogP contribution in [0.3, 0.4) is 0 Å². The van der Waals surface area contributed by atoms with Crippen LogP contribution in [0.15, 0.2) is 21.7 Å². The number of aryl methyl sites for hydroxylation is 2. The van der Waals surface area contributed by atoms with E-state index in [1.165, 1.54) is 16.7 Å². The van der Waals surface area contributed by atoms with Crippen LogP contribution < -0.4 is 11.2 Å². The molecule has 0 aliphatic carbocycles. The Balaban J connectivity index is 2.00. The molecule has 0 atom stereocenters. The summed E-state index contributed by atoms with van der Waals surface area (Å²) in [7, 11) is 0. The first-order chi connectivity index (χ1) is 14.4. The summed E-state index contributed by atoms with van der Waals surface area (Å²) in [6.07, 6.45) is 2.34. The Hall–Kier alpha value is -2.65. The molecular formula is C19H21Cl2N5O4. The highest BCUT2D eigenvalue weighted by Crippen LogP contribution is 2.19. The maximum absolute atomic E-state index is 12.5. The van der Waals surface area contributed by atoms with Crippen LogP contribution in [-0.4, -0.2) is 30.1 Å². The second kappa shape index (κ2) is 9.44. The molecule has 1 N–H and O–H groups in total. The van der Waals surface area contributed by atoms with Crippen molar-refractivity contribution in [3.63, 3.8) is 0 Å². The first kappa shape index (κ1) is 22.0. The van der Waals surface area contributed by atoms with Crippen molar-refractivity contribution in [3.8, 4) is 0 Å². The van der Waals surface area contributed by atoms with E-state index in [0.717, 1.165) is 12.8 Å². The molecule has 3 aromatic rings. The molecule has 0 radical (unpaired) electrons. The fraction of sp³-hybridized carbons (Fsp3) is 0.421. The lowest BCUT2D eigenvalue weighted by Crippen LogP contribution is -2.31. The van der Waals surface area contributed by atoms with Gasteiger partial charge in [0, 0.05) is 13.1 Å². The van der Waals surface area contributed by atoms with E-state index in [4.69, 9.17) is 27.9 Å². The van der Waals surface area contributed by atoms with Gasteiger partial charge in [-0.15, -0.1) is 0 Å². The molecule has 0 saturated heterocycles. The zero-order chi connectivity index (χ0) is 21.8. The maximum Gasteiger partial charge on any atom is 0.358 e. The van der Waals surface area contributed by atoms with Gasteiger partial charge in [0.1, 0.15) is 17.6 Å². The number of nitrogens with one attached hydrogen (secondary N) is 1. The third-order valence-corrected chi connectivity index (χ3v) is 5.00. The average Bonchev–Trinajstić information content (AvgIpc) is 3.07. The van der Waals surface area contributed by atoms with E-state index >= 15 is 0 Å². The monoisotopic (exact) mass is 453 g/mol. The molecule has 3 heterocycles. The molecule has 0 fully saturated rings. The van der Waals surface area contributed by atoms with Crippen LogP contribution in [0.5, 0.6) is 0 Å². The third-order valence-electron chi connectivity index (χ3n) is 4.48. The molecule has 0 bridgehead atoms. The number of halogens is 2. The Morgan fingerprint density at radius 3 is 2.57 bits per heavy atom. The van der Waals surface area contributed by atoms with Crippen LogP contribution in [0.2, 0.25) is 10.2 Å². The molecule has 0 spiro atoms. The Kier molecular flexibility index (Phi) is 6.94. The Morgan fingerprint density at radius 2 is 1.87 bits per heavy atom. The molecule has 3 rings (SSSR count). The predicted octanol–water partition coefficient (Wildman–Crippen LogP) is 3.16. The van der Waals surface area contributed by atoms with Crippen LogP contribution in [0.1, 0.15) is 49.4 Å². The molecule has 3 aromatic heterocycles. The quantitative estimate of drug-likeness (QED) is 0.414. The topological polar surface area (TPSA) is 112 Å². The molecule has 0 aliphatic heterocycles. The minimum absolute atomic E-state index is 0.107. The van der Waals surface area contributed by atoms with E-state index in [2.05, 4.69) is 15.0 Å². The van der Waals surface area contributed by atoms with Gasteiger partial charge in [0.25, 0.3) is 5.56 Å². The van der Waals surface area contributed by atoms with Crippen LogP contribution in [0, 0.1) is 0 Å². The molecule has 30 heavy (non-hydrogen) atoms. The number of imidazole rings is 1. The second-order valence-corrected chi connectivity index (χ2v) is 7.45. The smallest absolute Gasteiger partial charge is 0.358 e. The minimum atomic E-state index is -0.769. The standard InChI is InChI=1S/C19H21Cl2N5O4/c1-3-5-9-26-16-15(17(27)24-19(26)29)25(8-4-2)13(23-16)10-30-18(28)14-11(20)6-7-12(21)22-14/h6-7H,3-5,8-10H2,1-2H3,(H,24,27,29). The first-order valence-corrected chi connectivity index (χ1v) is 10.3. The number of aromatic amines is 1. The average molecular weight is 454 g/mol. The fourth-order valence-electron chi connectivity index (χ4n) is 3.08. The van der Waals surface area contributed by atoms with Gasteiger partial charge in [0.05, 0.1) is 5.02 Å². The highest BCUT2D eigenvalue weighted by molar-refractivity contribution is 6.34. The summed E-state index contributed by atoms with van der Waals surface area (Å²) in [4.78, 5) is 47.9. The molecular weight excluding hydrogens is 433 g/mol. The molecule has 0 amide bonds. The van der Waals surface area contributed by atoms with Gasteiger partial charge in [-0.3, -0.25) is 14.3 Å². The summed E-state index contributed by atoms with van der Waals surface area (Å²) < 4.78 is 8.43.